The zero-order valence-electron chi connectivity index (χ0n) is 15.4. The van der Waals surface area contributed by atoms with Gasteiger partial charge in [-0.3, -0.25) is 4.79 Å². The van der Waals surface area contributed by atoms with Crippen molar-refractivity contribution in [1.82, 2.24) is 0 Å². The number of ketones is 1. The van der Waals surface area contributed by atoms with Crippen LogP contribution in [0.25, 0.3) is 0 Å². The van der Waals surface area contributed by atoms with E-state index in [-0.39, 0.29) is 5.78 Å². The maximum absolute atomic E-state index is 12.4. The topological polar surface area (TPSA) is 26.3 Å². The fourth-order valence-corrected chi connectivity index (χ4v) is 2.89. The maximum atomic E-state index is 12.4. The number of unbranched alkanes of at least 4 members (excludes halogenated alkanes) is 6. The highest BCUT2D eigenvalue weighted by atomic mass is 16.5. The average molecular weight is 338 g/mol. The van der Waals surface area contributed by atoms with E-state index in [0.29, 0.717) is 13.0 Å². The summed E-state index contributed by atoms with van der Waals surface area (Å²) < 4.78 is 5.81. The number of rotatable bonds is 12. The first-order valence-corrected chi connectivity index (χ1v) is 9.59. The third-order valence-corrected chi connectivity index (χ3v) is 4.41. The normalized spacial score (nSPS) is 10.6. The Labute approximate surface area is 152 Å². The molecular weight excluding hydrogens is 308 g/mol. The second-order valence-electron chi connectivity index (χ2n) is 6.60. The van der Waals surface area contributed by atoms with Crippen molar-refractivity contribution in [2.75, 3.05) is 0 Å². The lowest BCUT2D eigenvalue weighted by Crippen LogP contribution is -2.01. The molecule has 134 valence electrons. The molecular formula is C23H30O2. The molecule has 0 atom stereocenters. The highest BCUT2D eigenvalue weighted by Gasteiger charge is 2.07. The van der Waals surface area contributed by atoms with Gasteiger partial charge >= 0.3 is 0 Å². The summed E-state index contributed by atoms with van der Waals surface area (Å²) in [5, 5.41) is 0. The molecule has 25 heavy (non-hydrogen) atoms. The second kappa shape index (κ2) is 11.5. The molecule has 0 heterocycles. The van der Waals surface area contributed by atoms with Crippen molar-refractivity contribution < 1.29 is 9.53 Å². The van der Waals surface area contributed by atoms with E-state index in [2.05, 4.69) is 6.92 Å². The summed E-state index contributed by atoms with van der Waals surface area (Å²) in [6, 6.07) is 17.6. The van der Waals surface area contributed by atoms with Crippen molar-refractivity contribution in [3.63, 3.8) is 0 Å². The van der Waals surface area contributed by atoms with E-state index in [4.69, 9.17) is 4.74 Å². The van der Waals surface area contributed by atoms with Gasteiger partial charge in [0, 0.05) is 12.0 Å². The van der Waals surface area contributed by atoms with Crippen LogP contribution >= 0.6 is 0 Å². The first-order chi connectivity index (χ1) is 12.3. The van der Waals surface area contributed by atoms with Crippen LogP contribution < -0.4 is 4.74 Å². The molecule has 0 N–H and O–H groups in total. The van der Waals surface area contributed by atoms with Crippen LogP contribution in [0.2, 0.25) is 0 Å². The second-order valence-corrected chi connectivity index (χ2v) is 6.60. The van der Waals surface area contributed by atoms with Gasteiger partial charge < -0.3 is 4.74 Å². The van der Waals surface area contributed by atoms with Crippen molar-refractivity contribution in [3.05, 3.63) is 65.7 Å². The lowest BCUT2D eigenvalue weighted by atomic mass is 10.0. The smallest absolute Gasteiger partial charge is 0.163 e. The third kappa shape index (κ3) is 7.55. The number of benzene rings is 2. The molecule has 0 radical (unpaired) electrons. The van der Waals surface area contributed by atoms with Crippen LogP contribution in [0.15, 0.2) is 54.6 Å². The van der Waals surface area contributed by atoms with Crippen LogP contribution in [0.5, 0.6) is 5.75 Å². The van der Waals surface area contributed by atoms with E-state index in [0.717, 1.165) is 29.7 Å². The summed E-state index contributed by atoms with van der Waals surface area (Å²) in [4.78, 5) is 12.4. The minimum atomic E-state index is 0.221. The van der Waals surface area contributed by atoms with E-state index < -0.39 is 0 Å². The first-order valence-electron chi connectivity index (χ1n) is 9.59. The van der Waals surface area contributed by atoms with E-state index in [1.165, 1.54) is 32.1 Å². The summed E-state index contributed by atoms with van der Waals surface area (Å²) in [5.41, 5.74) is 1.89. The summed E-state index contributed by atoms with van der Waals surface area (Å²) in [6.45, 7) is 2.76. The molecule has 2 aromatic carbocycles. The molecule has 0 bridgehead atoms. The fourth-order valence-electron chi connectivity index (χ4n) is 2.89. The Balaban J connectivity index is 1.73. The van der Waals surface area contributed by atoms with Crippen LogP contribution in [0.4, 0.5) is 0 Å². The van der Waals surface area contributed by atoms with E-state index in [9.17, 15) is 4.79 Å². The van der Waals surface area contributed by atoms with Gasteiger partial charge in [0.25, 0.3) is 0 Å². The maximum Gasteiger partial charge on any atom is 0.163 e. The van der Waals surface area contributed by atoms with Crippen molar-refractivity contribution in [2.45, 2.75) is 64.9 Å². The highest BCUT2D eigenvalue weighted by molar-refractivity contribution is 5.96. The molecule has 0 spiro atoms. The zero-order valence-corrected chi connectivity index (χ0v) is 15.4. The number of hydrogen-bond donors (Lipinski definition) is 0. The van der Waals surface area contributed by atoms with E-state index in [1.807, 2.05) is 54.6 Å². The number of carbonyl (C=O) groups excluding carboxylic acids is 1. The molecule has 0 amide bonds. The van der Waals surface area contributed by atoms with Crippen LogP contribution in [-0.4, -0.2) is 5.78 Å². The van der Waals surface area contributed by atoms with Gasteiger partial charge in [-0.05, 0) is 24.1 Å². The summed E-state index contributed by atoms with van der Waals surface area (Å²) >= 11 is 0. The van der Waals surface area contributed by atoms with Crippen molar-refractivity contribution in [1.29, 1.82) is 0 Å². The predicted molar refractivity (Wildman–Crippen MR) is 104 cm³/mol. The van der Waals surface area contributed by atoms with Crippen LogP contribution in [0.1, 0.15) is 74.2 Å². The summed E-state index contributed by atoms with van der Waals surface area (Å²) in [5.74, 6) is 0.980. The molecule has 0 aliphatic heterocycles. The monoisotopic (exact) mass is 338 g/mol. The number of Topliss-reactive ketones (excluding diaryl/α,β-unsaturated/α-hetero) is 1. The third-order valence-electron chi connectivity index (χ3n) is 4.41. The van der Waals surface area contributed by atoms with Gasteiger partial charge in [0.1, 0.15) is 12.4 Å². The zero-order chi connectivity index (χ0) is 17.7. The van der Waals surface area contributed by atoms with Crippen LogP contribution in [-0.2, 0) is 6.61 Å². The largest absolute Gasteiger partial charge is 0.489 e. The molecule has 2 aromatic rings. The van der Waals surface area contributed by atoms with Gasteiger partial charge in [-0.2, -0.15) is 0 Å². The van der Waals surface area contributed by atoms with Gasteiger partial charge in [0.2, 0.25) is 0 Å². The minimum absolute atomic E-state index is 0.221. The van der Waals surface area contributed by atoms with Gasteiger partial charge in [-0.15, -0.1) is 0 Å². The number of hydrogen-bond acceptors (Lipinski definition) is 2. The quantitative estimate of drug-likeness (QED) is 0.322. The molecule has 0 aliphatic rings. The molecule has 2 rings (SSSR count). The van der Waals surface area contributed by atoms with Crippen molar-refractivity contribution in [3.8, 4) is 5.75 Å². The number of ether oxygens (including phenoxy) is 1. The standard InChI is InChI=1S/C23H30O2/c1-2-3-4-5-6-7-11-17-23(24)21-15-12-16-22(18-21)25-19-20-13-9-8-10-14-20/h8-10,12-16,18H,2-7,11,17,19H2,1H3. The molecule has 0 saturated carbocycles. The Bertz CT molecular complexity index is 619. The highest BCUT2D eigenvalue weighted by Crippen LogP contribution is 2.18. The van der Waals surface area contributed by atoms with E-state index in [1.54, 1.807) is 0 Å². The number of carbonyl (C=O) groups is 1. The van der Waals surface area contributed by atoms with Crippen molar-refractivity contribution in [2.24, 2.45) is 0 Å². The Morgan fingerprint density at radius 3 is 2.32 bits per heavy atom. The molecule has 2 nitrogen and oxygen atoms in total. The lowest BCUT2D eigenvalue weighted by molar-refractivity contribution is 0.0978. The first kappa shape index (κ1) is 19.2. The van der Waals surface area contributed by atoms with Gasteiger partial charge in [0.05, 0.1) is 0 Å². The lowest BCUT2D eigenvalue weighted by Gasteiger charge is -2.08. The van der Waals surface area contributed by atoms with Crippen molar-refractivity contribution >= 4 is 5.78 Å². The van der Waals surface area contributed by atoms with Gasteiger partial charge in [-0.25, -0.2) is 0 Å². The Morgan fingerprint density at radius 2 is 1.56 bits per heavy atom. The summed E-state index contributed by atoms with van der Waals surface area (Å²) in [7, 11) is 0. The predicted octanol–water partition coefficient (Wildman–Crippen LogP) is 6.59. The van der Waals surface area contributed by atoms with Crippen LogP contribution in [0, 0.1) is 0 Å². The molecule has 0 aliphatic carbocycles. The Morgan fingerprint density at radius 1 is 0.840 bits per heavy atom. The fraction of sp³-hybridized carbons (Fsp3) is 0.435. The van der Waals surface area contributed by atoms with E-state index >= 15 is 0 Å². The molecule has 0 aromatic heterocycles. The molecule has 0 unspecified atom stereocenters. The van der Waals surface area contributed by atoms with Gasteiger partial charge in [-0.1, -0.05) is 87.9 Å². The minimum Gasteiger partial charge on any atom is -0.489 e. The SMILES string of the molecule is CCCCCCCCCC(=O)c1cccc(OCc2ccccc2)c1. The summed E-state index contributed by atoms with van der Waals surface area (Å²) in [6.07, 6.45) is 9.25. The molecule has 0 fully saturated rings. The Kier molecular flexibility index (Phi) is 8.82. The molecule has 0 saturated heterocycles. The van der Waals surface area contributed by atoms with Crippen LogP contribution in [0.3, 0.4) is 0 Å². The average Bonchev–Trinajstić information content (AvgIpc) is 2.66. The molecule has 2 heteroatoms. The van der Waals surface area contributed by atoms with Gasteiger partial charge in [0.15, 0.2) is 5.78 Å². The Hall–Kier alpha value is -2.09.